The van der Waals surface area contributed by atoms with Crippen LogP contribution in [0.4, 0.5) is 18.9 Å². The minimum Gasteiger partial charge on any atom is -0.465 e. The SMILES string of the molecule is C[Si](C)(C)c1ccc(C=Nc2ccc(C(F)(F)F)cc2)o1. The summed E-state index contributed by atoms with van der Waals surface area (Å²) in [6.45, 7) is 6.51. The molecule has 2 nitrogen and oxygen atoms in total. The number of furan rings is 1. The molecule has 1 aromatic carbocycles. The van der Waals surface area contributed by atoms with Crippen molar-refractivity contribution in [3.05, 3.63) is 47.7 Å². The zero-order valence-corrected chi connectivity index (χ0v) is 13.0. The third-order valence-electron chi connectivity index (χ3n) is 2.90. The smallest absolute Gasteiger partial charge is 0.416 e. The molecule has 6 heteroatoms. The van der Waals surface area contributed by atoms with E-state index in [2.05, 4.69) is 24.6 Å². The molecular weight excluding hydrogens is 295 g/mol. The summed E-state index contributed by atoms with van der Waals surface area (Å²) in [6.07, 6.45) is -2.80. The summed E-state index contributed by atoms with van der Waals surface area (Å²) in [4.78, 5) is 4.12. The third kappa shape index (κ3) is 4.07. The maximum Gasteiger partial charge on any atom is 0.416 e. The van der Waals surface area contributed by atoms with Gasteiger partial charge in [0, 0.05) is 0 Å². The molecule has 0 unspecified atom stereocenters. The Bertz CT molecular complexity index is 636. The molecule has 0 aliphatic rings. The van der Waals surface area contributed by atoms with E-state index in [0.717, 1.165) is 17.5 Å². The lowest BCUT2D eigenvalue weighted by Crippen LogP contribution is -2.36. The molecule has 2 aromatic rings. The van der Waals surface area contributed by atoms with Crippen LogP contribution >= 0.6 is 0 Å². The zero-order valence-electron chi connectivity index (χ0n) is 12.0. The fourth-order valence-electron chi connectivity index (χ4n) is 1.70. The lowest BCUT2D eigenvalue weighted by atomic mass is 10.2. The summed E-state index contributed by atoms with van der Waals surface area (Å²) in [5.41, 5.74) is -0.227. The van der Waals surface area contributed by atoms with Gasteiger partial charge in [0.2, 0.25) is 0 Å². The molecule has 0 N–H and O–H groups in total. The number of nitrogens with zero attached hydrogens (tertiary/aromatic N) is 1. The van der Waals surface area contributed by atoms with Crippen LogP contribution in [-0.2, 0) is 6.18 Å². The van der Waals surface area contributed by atoms with Crippen LogP contribution in [0, 0.1) is 0 Å². The highest BCUT2D eigenvalue weighted by molar-refractivity contribution is 6.87. The molecule has 0 aliphatic heterocycles. The maximum atomic E-state index is 12.4. The van der Waals surface area contributed by atoms with E-state index in [9.17, 15) is 13.2 Å². The average Bonchev–Trinajstić information content (AvgIpc) is 2.84. The Labute approximate surface area is 122 Å². The van der Waals surface area contributed by atoms with Gasteiger partial charge in [0.05, 0.1) is 22.8 Å². The quantitative estimate of drug-likeness (QED) is 0.601. The number of hydrogen-bond acceptors (Lipinski definition) is 2. The van der Waals surface area contributed by atoms with Crippen molar-refractivity contribution < 1.29 is 17.6 Å². The van der Waals surface area contributed by atoms with Crippen molar-refractivity contribution in [1.29, 1.82) is 0 Å². The molecule has 0 atom stereocenters. The second-order valence-electron chi connectivity index (χ2n) is 5.75. The van der Waals surface area contributed by atoms with Crippen LogP contribution in [0.2, 0.25) is 19.6 Å². The van der Waals surface area contributed by atoms with Crippen molar-refractivity contribution >= 4 is 25.4 Å². The van der Waals surface area contributed by atoms with Crippen molar-refractivity contribution in [3.63, 3.8) is 0 Å². The number of alkyl halides is 3. The van der Waals surface area contributed by atoms with E-state index in [0.29, 0.717) is 11.4 Å². The Morgan fingerprint density at radius 3 is 2.10 bits per heavy atom. The molecule has 21 heavy (non-hydrogen) atoms. The van der Waals surface area contributed by atoms with Crippen LogP contribution in [0.3, 0.4) is 0 Å². The topological polar surface area (TPSA) is 25.5 Å². The lowest BCUT2D eigenvalue weighted by Gasteiger charge is -2.10. The van der Waals surface area contributed by atoms with Crippen molar-refractivity contribution in [2.45, 2.75) is 25.8 Å². The van der Waals surface area contributed by atoms with Gasteiger partial charge >= 0.3 is 6.18 Å². The number of benzene rings is 1. The molecule has 0 saturated carbocycles. The van der Waals surface area contributed by atoms with E-state index >= 15 is 0 Å². The first-order valence-corrected chi connectivity index (χ1v) is 9.98. The maximum absolute atomic E-state index is 12.4. The van der Waals surface area contributed by atoms with Crippen molar-refractivity contribution in [2.75, 3.05) is 0 Å². The van der Waals surface area contributed by atoms with E-state index < -0.39 is 19.8 Å². The van der Waals surface area contributed by atoms with E-state index in [-0.39, 0.29) is 0 Å². The predicted molar refractivity (Wildman–Crippen MR) is 80.4 cm³/mol. The molecule has 1 aromatic heterocycles. The second-order valence-corrected chi connectivity index (χ2v) is 10.7. The highest BCUT2D eigenvalue weighted by Crippen LogP contribution is 2.30. The van der Waals surface area contributed by atoms with Gasteiger partial charge in [-0.1, -0.05) is 19.6 Å². The zero-order chi connectivity index (χ0) is 15.7. The third-order valence-corrected chi connectivity index (χ3v) is 4.65. The standard InChI is InChI=1S/C15H16F3NOSi/c1-21(2,3)14-9-8-13(20-14)10-19-12-6-4-11(5-7-12)15(16,17)18/h4-10H,1-3H3. The van der Waals surface area contributed by atoms with E-state index in [1.165, 1.54) is 18.3 Å². The molecule has 0 bridgehead atoms. The van der Waals surface area contributed by atoms with Gasteiger partial charge in [0.15, 0.2) is 0 Å². The normalized spacial score (nSPS) is 13.0. The van der Waals surface area contributed by atoms with Crippen LogP contribution in [-0.4, -0.2) is 14.3 Å². The summed E-state index contributed by atoms with van der Waals surface area (Å²) in [7, 11) is -1.50. The van der Waals surface area contributed by atoms with Gasteiger partial charge in [0.25, 0.3) is 0 Å². The fourth-order valence-corrected chi connectivity index (χ4v) is 2.71. The fraction of sp³-hybridized carbons (Fsp3) is 0.267. The second kappa shape index (κ2) is 5.52. The average molecular weight is 311 g/mol. The minimum absolute atomic E-state index is 0.453. The van der Waals surface area contributed by atoms with E-state index in [4.69, 9.17) is 4.42 Å². The summed E-state index contributed by atoms with van der Waals surface area (Å²) in [5.74, 6) is 0.604. The Morgan fingerprint density at radius 1 is 1.00 bits per heavy atom. The molecule has 0 aliphatic carbocycles. The van der Waals surface area contributed by atoms with Crippen molar-refractivity contribution in [2.24, 2.45) is 4.99 Å². The summed E-state index contributed by atoms with van der Waals surface area (Å²) in [6, 6.07) is 8.45. The van der Waals surface area contributed by atoms with Gasteiger partial charge < -0.3 is 4.42 Å². The van der Waals surface area contributed by atoms with Crippen LogP contribution in [0.1, 0.15) is 11.3 Å². The molecule has 1 heterocycles. The monoisotopic (exact) mass is 311 g/mol. The number of aliphatic imine (C=N–C) groups is 1. The van der Waals surface area contributed by atoms with E-state index in [1.54, 1.807) is 0 Å². The summed E-state index contributed by atoms with van der Waals surface area (Å²) >= 11 is 0. The minimum atomic E-state index is -4.32. The number of halogens is 3. The predicted octanol–water partition coefficient (Wildman–Crippen LogP) is 4.59. The highest BCUT2D eigenvalue weighted by Gasteiger charge is 2.29. The lowest BCUT2D eigenvalue weighted by molar-refractivity contribution is -0.137. The first-order chi connectivity index (χ1) is 9.66. The summed E-state index contributed by atoms with van der Waals surface area (Å²) < 4.78 is 43.0. The number of hydrogen-bond donors (Lipinski definition) is 0. The summed E-state index contributed by atoms with van der Waals surface area (Å²) in [5, 5.41) is 0.969. The molecule has 2 rings (SSSR count). The van der Waals surface area contributed by atoms with Crippen molar-refractivity contribution in [1.82, 2.24) is 0 Å². The molecular formula is C15H16F3NOSi. The van der Waals surface area contributed by atoms with Crippen LogP contribution in [0.15, 0.2) is 45.8 Å². The Morgan fingerprint density at radius 2 is 1.62 bits per heavy atom. The molecule has 0 saturated heterocycles. The van der Waals surface area contributed by atoms with Crippen LogP contribution < -0.4 is 5.38 Å². The molecule has 0 radical (unpaired) electrons. The van der Waals surface area contributed by atoms with Gasteiger partial charge in [-0.2, -0.15) is 13.2 Å². The first kappa shape index (κ1) is 15.6. The first-order valence-electron chi connectivity index (χ1n) is 6.48. The van der Waals surface area contributed by atoms with Gasteiger partial charge in [-0.3, -0.25) is 4.99 Å². The molecule has 0 spiro atoms. The molecule has 0 amide bonds. The Hall–Kier alpha value is -1.82. The largest absolute Gasteiger partial charge is 0.465 e. The van der Waals surface area contributed by atoms with Gasteiger partial charge in [-0.15, -0.1) is 0 Å². The van der Waals surface area contributed by atoms with Gasteiger partial charge in [0.1, 0.15) is 13.8 Å². The molecule has 112 valence electrons. The number of rotatable bonds is 3. The van der Waals surface area contributed by atoms with Gasteiger partial charge in [-0.25, -0.2) is 0 Å². The van der Waals surface area contributed by atoms with E-state index in [1.807, 2.05) is 12.1 Å². The van der Waals surface area contributed by atoms with Crippen LogP contribution in [0.25, 0.3) is 0 Å². The Kier molecular flexibility index (Phi) is 4.09. The van der Waals surface area contributed by atoms with Crippen LogP contribution in [0.5, 0.6) is 0 Å². The van der Waals surface area contributed by atoms with Crippen molar-refractivity contribution in [3.8, 4) is 0 Å². The van der Waals surface area contributed by atoms with Gasteiger partial charge in [-0.05, 0) is 36.4 Å². The highest BCUT2D eigenvalue weighted by atomic mass is 28.3. The Balaban J connectivity index is 2.13. The molecule has 0 fully saturated rings.